The van der Waals surface area contributed by atoms with Crippen molar-refractivity contribution in [2.45, 2.75) is 49.9 Å². The molecule has 1 aromatic heterocycles. The summed E-state index contributed by atoms with van der Waals surface area (Å²) < 4.78 is 11.0. The van der Waals surface area contributed by atoms with Gasteiger partial charge >= 0.3 is 5.97 Å². The maximum Gasteiger partial charge on any atom is 0.326 e. The summed E-state index contributed by atoms with van der Waals surface area (Å²) in [4.78, 5) is 72.3. The van der Waals surface area contributed by atoms with Crippen LogP contribution >= 0.6 is 0 Å². The number of pyridine rings is 1. The Kier molecular flexibility index (Phi) is 13.2. The molecule has 0 aliphatic carbocycles. The second kappa shape index (κ2) is 19.0. The Morgan fingerprint density at radius 2 is 1.16 bits per heavy atom. The molecule has 13 heteroatoms. The van der Waals surface area contributed by atoms with Crippen molar-refractivity contribution in [3.8, 4) is 22.6 Å². The van der Waals surface area contributed by atoms with E-state index in [-0.39, 0.29) is 25.7 Å². The summed E-state index contributed by atoms with van der Waals surface area (Å²) in [6.07, 6.45) is 3.17. The van der Waals surface area contributed by atoms with E-state index in [0.717, 1.165) is 11.1 Å². The number of aromatic nitrogens is 1. The molecular formula is C44H43N5O8. The number of nitrogens with one attached hydrogen (secondary N) is 4. The molecule has 0 saturated carbocycles. The average molecular weight is 770 g/mol. The molecule has 5 aromatic rings. The first-order valence-electron chi connectivity index (χ1n) is 18.4. The van der Waals surface area contributed by atoms with Crippen LogP contribution in [0.4, 0.5) is 0 Å². The van der Waals surface area contributed by atoms with E-state index in [1.165, 1.54) is 7.11 Å². The number of nitrogens with zero attached hydrogens (tertiary/aromatic N) is 1. The first-order valence-corrected chi connectivity index (χ1v) is 18.4. The topological polar surface area (TPSA) is 185 Å². The number of hydrogen-bond acceptors (Lipinski definition) is 8. The molecule has 5 N–H and O–H groups in total. The highest BCUT2D eigenvalue weighted by molar-refractivity contribution is 5.95. The highest BCUT2D eigenvalue weighted by Crippen LogP contribution is 2.21. The monoisotopic (exact) mass is 769 g/mol. The Bertz CT molecular complexity index is 2150. The van der Waals surface area contributed by atoms with Crippen LogP contribution in [0.2, 0.25) is 0 Å². The number of fused-ring (bicyclic) bond motifs is 16. The number of aliphatic carboxylic acids is 1. The first-order chi connectivity index (χ1) is 27.6. The van der Waals surface area contributed by atoms with Gasteiger partial charge in [-0.05, 0) is 69.8 Å². The molecule has 3 heterocycles. The van der Waals surface area contributed by atoms with E-state index in [1.54, 1.807) is 73.1 Å². The van der Waals surface area contributed by atoms with Gasteiger partial charge in [-0.1, -0.05) is 78.9 Å². The number of amides is 4. The minimum Gasteiger partial charge on any atom is -0.497 e. The predicted octanol–water partition coefficient (Wildman–Crippen LogP) is 3.44. The number of ether oxygens (including phenoxy) is 2. The van der Waals surface area contributed by atoms with Gasteiger partial charge in [-0.25, -0.2) is 4.79 Å². The lowest BCUT2D eigenvalue weighted by atomic mass is 9.98. The van der Waals surface area contributed by atoms with Crippen LogP contribution in [0.15, 0.2) is 128 Å². The fourth-order valence-corrected chi connectivity index (χ4v) is 6.44. The van der Waals surface area contributed by atoms with Crippen molar-refractivity contribution >= 4 is 29.6 Å². The number of methoxy groups -OCH3 is 1. The summed E-state index contributed by atoms with van der Waals surface area (Å²) in [5.41, 5.74) is 4.62. The van der Waals surface area contributed by atoms with Gasteiger partial charge in [0, 0.05) is 38.1 Å². The lowest BCUT2D eigenvalue weighted by molar-refractivity contribution is -0.142. The number of carboxylic acids is 1. The van der Waals surface area contributed by atoms with Gasteiger partial charge in [0.1, 0.15) is 35.7 Å². The second-order valence-electron chi connectivity index (χ2n) is 13.7. The van der Waals surface area contributed by atoms with E-state index in [1.807, 2.05) is 54.6 Å². The zero-order chi connectivity index (χ0) is 40.1. The van der Waals surface area contributed by atoms with Crippen molar-refractivity contribution in [2.75, 3.05) is 13.7 Å². The third kappa shape index (κ3) is 11.3. The Morgan fingerprint density at radius 1 is 0.649 bits per heavy atom. The van der Waals surface area contributed by atoms with Crippen molar-refractivity contribution in [3.05, 3.63) is 150 Å². The standard InChI is InChI=1S/C44H43N5O8/c1-56-34-15-9-29(10-16-34)24-38-43(53)49-39(44(54)55)26-30-11-17-35(18-12-30)57-27-40(50)46-36(25-31-19-21-45-22-20-31)41(51)47-37(42(52)48-38)23-28-7-13-33(14-8-28)32-5-3-2-4-6-32/h2-22,36-39H,23-27H2,1H3,(H,46,50)(H,47,51)(H,48,52)(H,49,53)(H,54,55)/t36-,37+,38-,39-/m0/s1. The van der Waals surface area contributed by atoms with E-state index < -0.39 is 60.4 Å². The van der Waals surface area contributed by atoms with Gasteiger partial charge in [0.15, 0.2) is 6.61 Å². The average Bonchev–Trinajstić information content (AvgIpc) is 3.23. The summed E-state index contributed by atoms with van der Waals surface area (Å²) in [6, 6.07) is 29.1. The van der Waals surface area contributed by atoms with Crippen LogP contribution in [0.5, 0.6) is 11.5 Å². The maximum absolute atomic E-state index is 14.4. The minimum atomic E-state index is -1.35. The molecule has 4 atom stereocenters. The highest BCUT2D eigenvalue weighted by atomic mass is 16.5. The van der Waals surface area contributed by atoms with E-state index >= 15 is 0 Å². The summed E-state index contributed by atoms with van der Waals surface area (Å²) in [5.74, 6) is -3.00. The zero-order valence-corrected chi connectivity index (χ0v) is 31.2. The predicted molar refractivity (Wildman–Crippen MR) is 211 cm³/mol. The van der Waals surface area contributed by atoms with Crippen LogP contribution in [-0.4, -0.2) is 77.6 Å². The Balaban J connectivity index is 1.35. The molecule has 7 rings (SSSR count). The lowest BCUT2D eigenvalue weighted by Gasteiger charge is -2.26. The SMILES string of the molecule is COc1ccc(C[C@@H]2NC(=O)[C@@H](Cc3ccc(-c4ccccc4)cc3)NC(=O)[C@H](Cc3ccncc3)NC(=O)COc3ccc(cc3)C[C@@H](C(=O)O)NC2=O)cc1. The molecule has 0 fully saturated rings. The number of hydrogen-bond donors (Lipinski definition) is 5. The van der Waals surface area contributed by atoms with Gasteiger partial charge in [0.25, 0.3) is 5.91 Å². The zero-order valence-electron chi connectivity index (χ0n) is 31.2. The summed E-state index contributed by atoms with van der Waals surface area (Å²) in [5, 5.41) is 21.1. The van der Waals surface area contributed by atoms with Crippen LogP contribution in [0.3, 0.4) is 0 Å². The number of carbonyl (C=O) groups is 5. The quantitative estimate of drug-likeness (QED) is 0.140. The number of carboxylic acid groups (broad SMARTS) is 1. The lowest BCUT2D eigenvalue weighted by Crippen LogP contribution is -2.59. The van der Waals surface area contributed by atoms with E-state index in [2.05, 4.69) is 26.3 Å². The number of carbonyl (C=O) groups excluding carboxylic acids is 4. The van der Waals surface area contributed by atoms with Gasteiger partial charge in [-0.2, -0.15) is 0 Å². The van der Waals surface area contributed by atoms with Gasteiger partial charge in [0.2, 0.25) is 17.7 Å². The van der Waals surface area contributed by atoms with Gasteiger partial charge < -0.3 is 35.8 Å². The Labute approximate surface area is 329 Å². The molecule has 2 aliphatic rings. The van der Waals surface area contributed by atoms with Gasteiger partial charge in [-0.3, -0.25) is 24.2 Å². The second-order valence-corrected chi connectivity index (χ2v) is 13.7. The third-order valence-corrected chi connectivity index (χ3v) is 9.55. The molecule has 2 bridgehead atoms. The third-order valence-electron chi connectivity index (χ3n) is 9.55. The maximum atomic E-state index is 14.4. The number of benzene rings is 4. The Morgan fingerprint density at radius 3 is 1.72 bits per heavy atom. The molecule has 13 nitrogen and oxygen atoms in total. The molecule has 0 unspecified atom stereocenters. The normalized spacial score (nSPS) is 19.3. The van der Waals surface area contributed by atoms with Crippen molar-refractivity contribution in [1.82, 2.24) is 26.3 Å². The largest absolute Gasteiger partial charge is 0.497 e. The smallest absolute Gasteiger partial charge is 0.326 e. The van der Waals surface area contributed by atoms with Crippen molar-refractivity contribution in [1.29, 1.82) is 0 Å². The molecule has 0 saturated heterocycles. The van der Waals surface area contributed by atoms with Crippen LogP contribution in [0.25, 0.3) is 11.1 Å². The molecule has 292 valence electrons. The van der Waals surface area contributed by atoms with Crippen LogP contribution in [-0.2, 0) is 49.7 Å². The van der Waals surface area contributed by atoms with Gasteiger partial charge in [0.05, 0.1) is 7.11 Å². The molecule has 0 radical (unpaired) electrons. The molecule has 0 spiro atoms. The van der Waals surface area contributed by atoms with E-state index in [0.29, 0.717) is 33.8 Å². The van der Waals surface area contributed by atoms with Crippen molar-refractivity contribution in [3.63, 3.8) is 0 Å². The van der Waals surface area contributed by atoms with Crippen molar-refractivity contribution in [2.24, 2.45) is 0 Å². The fraction of sp³-hybridized carbons (Fsp3) is 0.227. The Hall–Kier alpha value is -7.02. The summed E-state index contributed by atoms with van der Waals surface area (Å²) in [6.45, 7) is -0.419. The fourth-order valence-electron chi connectivity index (χ4n) is 6.44. The molecule has 57 heavy (non-hydrogen) atoms. The van der Waals surface area contributed by atoms with Crippen LogP contribution < -0.4 is 30.7 Å². The molecule has 2 aliphatic heterocycles. The number of rotatable bonds is 9. The summed E-state index contributed by atoms with van der Waals surface area (Å²) in [7, 11) is 1.53. The van der Waals surface area contributed by atoms with E-state index in [9.17, 15) is 29.1 Å². The van der Waals surface area contributed by atoms with Crippen LogP contribution in [0.1, 0.15) is 22.3 Å². The van der Waals surface area contributed by atoms with Crippen molar-refractivity contribution < 1.29 is 38.6 Å². The first kappa shape index (κ1) is 39.7. The molecule has 4 amide bonds. The van der Waals surface area contributed by atoms with E-state index in [4.69, 9.17) is 9.47 Å². The van der Waals surface area contributed by atoms with Crippen LogP contribution in [0, 0.1) is 0 Å². The molecular weight excluding hydrogens is 727 g/mol. The summed E-state index contributed by atoms with van der Waals surface area (Å²) >= 11 is 0. The molecule has 4 aromatic carbocycles. The highest BCUT2D eigenvalue weighted by Gasteiger charge is 2.32. The van der Waals surface area contributed by atoms with Gasteiger partial charge in [-0.15, -0.1) is 0 Å². The minimum absolute atomic E-state index is 0.00684.